The number of aliphatic hydroxyl groups is 1. The van der Waals surface area contributed by atoms with Gasteiger partial charge in [-0.15, -0.1) is 0 Å². The van der Waals surface area contributed by atoms with Crippen LogP contribution in [-0.2, 0) is 6.54 Å². The zero-order chi connectivity index (χ0) is 17.2. The fourth-order valence-corrected chi connectivity index (χ4v) is 3.16. The summed E-state index contributed by atoms with van der Waals surface area (Å²) in [5, 5.41) is 12.4. The van der Waals surface area contributed by atoms with Gasteiger partial charge in [-0.25, -0.2) is 4.98 Å². The summed E-state index contributed by atoms with van der Waals surface area (Å²) < 4.78 is 7.97. The van der Waals surface area contributed by atoms with E-state index in [0.717, 1.165) is 22.2 Å². The predicted octanol–water partition coefficient (Wildman–Crippen LogP) is 4.32. The number of ether oxygens (including phenoxy) is 1. The van der Waals surface area contributed by atoms with E-state index in [2.05, 4.69) is 29.2 Å². The lowest BCUT2D eigenvalue weighted by atomic mass is 10.1. The van der Waals surface area contributed by atoms with Crippen molar-refractivity contribution in [2.24, 2.45) is 0 Å². The van der Waals surface area contributed by atoms with Gasteiger partial charge in [0.1, 0.15) is 24.3 Å². The predicted molar refractivity (Wildman–Crippen MR) is 99.8 cm³/mol. The van der Waals surface area contributed by atoms with Gasteiger partial charge in [0.05, 0.1) is 17.6 Å². The van der Waals surface area contributed by atoms with Gasteiger partial charge in [-0.1, -0.05) is 42.5 Å². The van der Waals surface area contributed by atoms with Crippen molar-refractivity contribution in [1.82, 2.24) is 9.55 Å². The summed E-state index contributed by atoms with van der Waals surface area (Å²) in [4.78, 5) is 4.54. The second-order valence-corrected chi connectivity index (χ2v) is 6.14. The Morgan fingerprint density at radius 3 is 2.60 bits per heavy atom. The summed E-state index contributed by atoms with van der Waals surface area (Å²) in [7, 11) is 0. The molecule has 4 heteroatoms. The smallest absolute Gasteiger partial charge is 0.138 e. The summed E-state index contributed by atoms with van der Waals surface area (Å²) in [6.07, 6.45) is -0.618. The largest absolute Gasteiger partial charge is 0.492 e. The van der Waals surface area contributed by atoms with E-state index in [-0.39, 0.29) is 0 Å². The first kappa shape index (κ1) is 15.7. The van der Waals surface area contributed by atoms with Crippen LogP contribution in [0.15, 0.2) is 66.7 Å². The molecule has 25 heavy (non-hydrogen) atoms. The van der Waals surface area contributed by atoms with E-state index < -0.39 is 6.10 Å². The Kier molecular flexibility index (Phi) is 4.12. The number of hydrogen-bond acceptors (Lipinski definition) is 3. The van der Waals surface area contributed by atoms with Gasteiger partial charge in [0.25, 0.3) is 0 Å². The second kappa shape index (κ2) is 6.57. The molecule has 3 aromatic carbocycles. The number of aliphatic hydroxyl groups excluding tert-OH is 1. The molecule has 0 fully saturated rings. The summed E-state index contributed by atoms with van der Waals surface area (Å²) in [5.74, 6) is 1.52. The van der Waals surface area contributed by atoms with Crippen molar-refractivity contribution >= 4 is 21.8 Å². The van der Waals surface area contributed by atoms with E-state index in [9.17, 15) is 5.11 Å². The summed E-state index contributed by atoms with van der Waals surface area (Å²) in [5.41, 5.74) is 1.91. The van der Waals surface area contributed by atoms with Gasteiger partial charge in [0.15, 0.2) is 0 Å². The maximum Gasteiger partial charge on any atom is 0.138 e. The maximum absolute atomic E-state index is 10.0. The SMILES string of the molecule is C[C@@H](O)c1nc2ccccc2n1CCOc1ccc2ccccc2c1. The van der Waals surface area contributed by atoms with Crippen LogP contribution in [-0.4, -0.2) is 21.3 Å². The van der Waals surface area contributed by atoms with Crippen LogP contribution in [0.25, 0.3) is 21.8 Å². The highest BCUT2D eigenvalue weighted by Crippen LogP contribution is 2.22. The number of nitrogens with zero attached hydrogens (tertiary/aromatic N) is 2. The lowest BCUT2D eigenvalue weighted by Crippen LogP contribution is -2.12. The van der Waals surface area contributed by atoms with Crippen molar-refractivity contribution in [3.63, 3.8) is 0 Å². The molecule has 0 aliphatic heterocycles. The van der Waals surface area contributed by atoms with E-state index in [1.54, 1.807) is 6.92 Å². The normalized spacial score (nSPS) is 12.6. The molecule has 4 nitrogen and oxygen atoms in total. The molecule has 0 amide bonds. The first-order chi connectivity index (χ1) is 12.2. The molecule has 1 N–H and O–H groups in total. The summed E-state index contributed by atoms with van der Waals surface area (Å²) in [6, 6.07) is 22.3. The summed E-state index contributed by atoms with van der Waals surface area (Å²) >= 11 is 0. The zero-order valence-electron chi connectivity index (χ0n) is 14.1. The van der Waals surface area contributed by atoms with Crippen LogP contribution >= 0.6 is 0 Å². The average Bonchev–Trinajstić information content (AvgIpc) is 3.01. The second-order valence-electron chi connectivity index (χ2n) is 6.14. The fourth-order valence-electron chi connectivity index (χ4n) is 3.16. The van der Waals surface area contributed by atoms with Crippen molar-refractivity contribution in [3.8, 4) is 5.75 Å². The third kappa shape index (κ3) is 3.08. The molecule has 0 radical (unpaired) electrons. The molecule has 0 saturated heterocycles. The molecule has 4 aromatic rings. The van der Waals surface area contributed by atoms with Gasteiger partial charge >= 0.3 is 0 Å². The molecule has 0 saturated carbocycles. The van der Waals surface area contributed by atoms with Crippen LogP contribution in [0.3, 0.4) is 0 Å². The number of para-hydroxylation sites is 2. The molecular weight excluding hydrogens is 312 g/mol. The minimum absolute atomic E-state index is 0.512. The van der Waals surface area contributed by atoms with Gasteiger partial charge in [-0.3, -0.25) is 0 Å². The Morgan fingerprint density at radius 1 is 1.00 bits per heavy atom. The van der Waals surface area contributed by atoms with E-state index >= 15 is 0 Å². The molecule has 0 aliphatic carbocycles. The number of aromatic nitrogens is 2. The lowest BCUT2D eigenvalue weighted by Gasteiger charge is -2.12. The van der Waals surface area contributed by atoms with E-state index in [0.29, 0.717) is 19.0 Å². The van der Waals surface area contributed by atoms with Crippen LogP contribution < -0.4 is 4.74 Å². The number of imidazole rings is 1. The van der Waals surface area contributed by atoms with Crippen LogP contribution in [0.2, 0.25) is 0 Å². The highest BCUT2D eigenvalue weighted by atomic mass is 16.5. The van der Waals surface area contributed by atoms with Gasteiger partial charge in [0, 0.05) is 0 Å². The third-order valence-electron chi connectivity index (χ3n) is 4.36. The van der Waals surface area contributed by atoms with E-state index in [1.807, 2.05) is 47.0 Å². The topological polar surface area (TPSA) is 47.3 Å². The van der Waals surface area contributed by atoms with Crippen molar-refractivity contribution < 1.29 is 9.84 Å². The van der Waals surface area contributed by atoms with Crippen molar-refractivity contribution in [3.05, 3.63) is 72.6 Å². The number of benzene rings is 3. The van der Waals surface area contributed by atoms with E-state index in [1.165, 1.54) is 5.39 Å². The van der Waals surface area contributed by atoms with Gasteiger partial charge in [-0.2, -0.15) is 0 Å². The molecule has 1 heterocycles. The van der Waals surface area contributed by atoms with Crippen molar-refractivity contribution in [2.75, 3.05) is 6.61 Å². The third-order valence-corrected chi connectivity index (χ3v) is 4.36. The Balaban J connectivity index is 1.54. The molecular formula is C21H20N2O2. The first-order valence-corrected chi connectivity index (χ1v) is 8.47. The highest BCUT2D eigenvalue weighted by Gasteiger charge is 2.14. The Labute approximate surface area is 146 Å². The molecule has 0 aliphatic rings. The van der Waals surface area contributed by atoms with Crippen molar-refractivity contribution in [1.29, 1.82) is 0 Å². The fraction of sp³-hybridized carbons (Fsp3) is 0.190. The molecule has 1 atom stereocenters. The quantitative estimate of drug-likeness (QED) is 0.592. The van der Waals surface area contributed by atoms with Crippen LogP contribution in [0.4, 0.5) is 0 Å². The van der Waals surface area contributed by atoms with Crippen LogP contribution in [0.5, 0.6) is 5.75 Å². The monoisotopic (exact) mass is 332 g/mol. The molecule has 126 valence electrons. The first-order valence-electron chi connectivity index (χ1n) is 8.47. The molecule has 0 bridgehead atoms. The highest BCUT2D eigenvalue weighted by molar-refractivity contribution is 5.83. The molecule has 4 rings (SSSR count). The maximum atomic E-state index is 10.0. The van der Waals surface area contributed by atoms with Gasteiger partial charge in [-0.05, 0) is 42.0 Å². The van der Waals surface area contributed by atoms with E-state index in [4.69, 9.17) is 4.74 Å². The molecule has 1 aromatic heterocycles. The number of hydrogen-bond donors (Lipinski definition) is 1. The number of rotatable bonds is 5. The zero-order valence-corrected chi connectivity index (χ0v) is 14.1. The number of fused-ring (bicyclic) bond motifs is 2. The minimum atomic E-state index is -0.618. The van der Waals surface area contributed by atoms with Crippen LogP contribution in [0, 0.1) is 0 Å². The molecule has 0 unspecified atom stereocenters. The van der Waals surface area contributed by atoms with Gasteiger partial charge < -0.3 is 14.4 Å². The minimum Gasteiger partial charge on any atom is -0.492 e. The Hall–Kier alpha value is -2.85. The van der Waals surface area contributed by atoms with Crippen LogP contribution in [0.1, 0.15) is 18.9 Å². The summed E-state index contributed by atoms with van der Waals surface area (Å²) in [6.45, 7) is 2.88. The van der Waals surface area contributed by atoms with Gasteiger partial charge in [0.2, 0.25) is 0 Å². The van der Waals surface area contributed by atoms with Crippen molar-refractivity contribution in [2.45, 2.75) is 19.6 Å². The Morgan fingerprint density at radius 2 is 1.76 bits per heavy atom. The average molecular weight is 332 g/mol. The molecule has 0 spiro atoms. The standard InChI is InChI=1S/C21H20N2O2/c1-15(24)21-22-19-8-4-5-9-20(19)23(21)12-13-25-18-11-10-16-6-2-3-7-17(16)14-18/h2-11,14-15,24H,12-13H2,1H3/t15-/m1/s1. The lowest BCUT2D eigenvalue weighted by molar-refractivity contribution is 0.181. The Bertz CT molecular complexity index is 1020.